The summed E-state index contributed by atoms with van der Waals surface area (Å²) in [6.07, 6.45) is -4.16. The van der Waals surface area contributed by atoms with Crippen molar-refractivity contribution in [3.05, 3.63) is 53.6 Å². The summed E-state index contributed by atoms with van der Waals surface area (Å²) in [5, 5.41) is 21.5. The maximum absolute atomic E-state index is 12.4. The molecule has 1 unspecified atom stereocenters. The molecule has 13 nitrogen and oxygen atoms in total. The van der Waals surface area contributed by atoms with E-state index in [0.717, 1.165) is 0 Å². The first-order valence-electron chi connectivity index (χ1n) is 10.5. The van der Waals surface area contributed by atoms with E-state index < -0.39 is 36.0 Å². The minimum absolute atomic E-state index is 0.0794. The van der Waals surface area contributed by atoms with Crippen LogP contribution >= 0.6 is 0 Å². The fraction of sp³-hybridized carbons (Fsp3) is 0.227. The van der Waals surface area contributed by atoms with E-state index in [4.69, 9.17) is 25.2 Å². The molecule has 16 heteroatoms. The Bertz CT molecular complexity index is 1210. The van der Waals surface area contributed by atoms with Crippen LogP contribution in [0.1, 0.15) is 28.4 Å². The number of benzene rings is 2. The Morgan fingerprint density at radius 3 is 2.39 bits per heavy atom. The molecule has 7 N–H and O–H groups in total. The van der Waals surface area contributed by atoms with E-state index in [0.29, 0.717) is 28.3 Å². The van der Waals surface area contributed by atoms with E-state index in [1.165, 1.54) is 12.4 Å². The number of amides is 2. The Balaban J connectivity index is 0.000000638. The highest BCUT2D eigenvalue weighted by molar-refractivity contribution is 5.97. The highest BCUT2D eigenvalue weighted by atomic mass is 19.4. The van der Waals surface area contributed by atoms with Crippen molar-refractivity contribution in [1.29, 1.82) is 0 Å². The van der Waals surface area contributed by atoms with E-state index >= 15 is 0 Å². The number of halogens is 3. The molecule has 38 heavy (non-hydrogen) atoms. The van der Waals surface area contributed by atoms with Crippen molar-refractivity contribution >= 4 is 35.8 Å². The number of hydrogen-bond donors (Lipinski definition) is 6. The molecule has 1 aliphatic rings. The summed E-state index contributed by atoms with van der Waals surface area (Å²) in [6, 6.07) is 10.5. The Morgan fingerprint density at radius 2 is 1.76 bits per heavy atom. The van der Waals surface area contributed by atoms with Gasteiger partial charge in [0.1, 0.15) is 6.34 Å². The van der Waals surface area contributed by atoms with Crippen LogP contribution in [0.25, 0.3) is 0 Å². The number of carbonyl (C=O) groups excluding carboxylic acids is 2. The molecule has 0 spiro atoms. The van der Waals surface area contributed by atoms with Crippen LogP contribution in [0, 0.1) is 0 Å². The fourth-order valence-corrected chi connectivity index (χ4v) is 2.90. The third-order valence-corrected chi connectivity index (χ3v) is 4.56. The minimum atomic E-state index is -5.08. The number of aliphatic carboxylic acids is 2. The van der Waals surface area contributed by atoms with Crippen LogP contribution in [0.4, 0.5) is 18.9 Å². The number of ether oxygens (including phenoxy) is 2. The van der Waals surface area contributed by atoms with Gasteiger partial charge in [-0.3, -0.25) is 14.4 Å². The Labute approximate surface area is 212 Å². The fourth-order valence-electron chi connectivity index (χ4n) is 2.90. The van der Waals surface area contributed by atoms with Crippen molar-refractivity contribution in [3.8, 4) is 11.5 Å². The number of rotatable bonds is 9. The molecule has 2 amide bonds. The summed E-state index contributed by atoms with van der Waals surface area (Å²) in [5.74, 6) is 1.27. The molecule has 0 fully saturated rings. The molecule has 0 aliphatic carbocycles. The summed E-state index contributed by atoms with van der Waals surface area (Å²) >= 11 is 0. The molecule has 0 radical (unpaired) electrons. The SMILES string of the molecule is NNC=Nc1cccc(C(=O)NCC(=O)NC(CC(=O)O)c2ccc3c(c2)OCO3)c1.O=C(O)C(F)(F)F. The highest BCUT2D eigenvalue weighted by Crippen LogP contribution is 2.34. The number of aliphatic imine (C=N–C) groups is 1. The minimum Gasteiger partial charge on any atom is -0.481 e. The Hall–Kier alpha value is -4.86. The molecule has 3 rings (SSSR count). The smallest absolute Gasteiger partial charge is 0.481 e. The van der Waals surface area contributed by atoms with Crippen LogP contribution in [0.15, 0.2) is 47.5 Å². The lowest BCUT2D eigenvalue weighted by molar-refractivity contribution is -0.192. The molecule has 0 aromatic heterocycles. The molecule has 1 atom stereocenters. The van der Waals surface area contributed by atoms with E-state index in [-0.39, 0.29) is 19.8 Å². The van der Waals surface area contributed by atoms with Gasteiger partial charge in [0.2, 0.25) is 12.7 Å². The van der Waals surface area contributed by atoms with Gasteiger partial charge in [0.25, 0.3) is 5.91 Å². The van der Waals surface area contributed by atoms with Crippen molar-refractivity contribution in [3.63, 3.8) is 0 Å². The number of carbonyl (C=O) groups is 4. The summed E-state index contributed by atoms with van der Waals surface area (Å²) < 4.78 is 42.3. The predicted molar refractivity (Wildman–Crippen MR) is 124 cm³/mol. The second kappa shape index (κ2) is 13.4. The number of hydrogen-bond acceptors (Lipinski definition) is 8. The van der Waals surface area contributed by atoms with Gasteiger partial charge in [0, 0.05) is 5.56 Å². The molecule has 2 aromatic carbocycles. The van der Waals surface area contributed by atoms with Gasteiger partial charge in [0.05, 0.1) is 24.7 Å². The van der Waals surface area contributed by atoms with Gasteiger partial charge >= 0.3 is 18.1 Å². The Morgan fingerprint density at radius 1 is 1.08 bits per heavy atom. The first-order chi connectivity index (χ1) is 17.9. The molecule has 0 saturated heterocycles. The van der Waals surface area contributed by atoms with Gasteiger partial charge in [-0.25, -0.2) is 15.6 Å². The first kappa shape index (κ1) is 29.4. The number of fused-ring (bicyclic) bond motifs is 1. The maximum Gasteiger partial charge on any atom is 0.490 e. The van der Waals surface area contributed by atoms with Gasteiger partial charge in [-0.15, -0.1) is 0 Å². The van der Waals surface area contributed by atoms with Crippen LogP contribution in [0.5, 0.6) is 11.5 Å². The van der Waals surface area contributed by atoms with Crippen molar-refractivity contribution in [2.45, 2.75) is 18.6 Å². The number of carboxylic acids is 2. The van der Waals surface area contributed by atoms with Gasteiger partial charge in [-0.2, -0.15) is 13.2 Å². The molecule has 204 valence electrons. The number of hydrazine groups is 1. The maximum atomic E-state index is 12.4. The summed E-state index contributed by atoms with van der Waals surface area (Å²) in [7, 11) is 0. The summed E-state index contributed by atoms with van der Waals surface area (Å²) in [6.45, 7) is -0.257. The number of carboxylic acid groups (broad SMARTS) is 2. The van der Waals surface area contributed by atoms with E-state index in [9.17, 15) is 32.7 Å². The van der Waals surface area contributed by atoms with Gasteiger partial charge in [-0.05, 0) is 35.9 Å². The molecule has 1 heterocycles. The molecule has 0 saturated carbocycles. The summed E-state index contributed by atoms with van der Waals surface area (Å²) in [5.41, 5.74) is 3.61. The molecule has 0 bridgehead atoms. The van der Waals surface area contributed by atoms with Crippen molar-refractivity contribution in [1.82, 2.24) is 16.1 Å². The normalized spacial score (nSPS) is 12.6. The second-order valence-corrected chi connectivity index (χ2v) is 7.29. The first-order valence-corrected chi connectivity index (χ1v) is 10.5. The van der Waals surface area contributed by atoms with Crippen molar-refractivity contribution in [2.75, 3.05) is 13.3 Å². The van der Waals surface area contributed by atoms with E-state index in [1.807, 2.05) is 0 Å². The number of nitrogens with one attached hydrogen (secondary N) is 3. The Kier molecular flexibility index (Phi) is 10.4. The van der Waals surface area contributed by atoms with Gasteiger partial charge in [-0.1, -0.05) is 12.1 Å². The topological polar surface area (TPSA) is 202 Å². The predicted octanol–water partition coefficient (Wildman–Crippen LogP) is 1.23. The quantitative estimate of drug-likeness (QED) is 0.116. The number of nitrogens with two attached hydrogens (primary N) is 1. The second-order valence-electron chi connectivity index (χ2n) is 7.29. The third-order valence-electron chi connectivity index (χ3n) is 4.56. The van der Waals surface area contributed by atoms with Gasteiger partial charge < -0.3 is 35.7 Å². The van der Waals surface area contributed by atoms with E-state index in [1.54, 1.807) is 36.4 Å². The molecule has 2 aromatic rings. The summed E-state index contributed by atoms with van der Waals surface area (Å²) in [4.78, 5) is 48.8. The lowest BCUT2D eigenvalue weighted by atomic mass is 10.0. The standard InChI is InChI=1S/C20H21N5O6.C2HF3O2/c21-24-10-23-14-3-1-2-13(6-14)20(29)22-9-18(26)25-15(8-19(27)28)12-4-5-16-17(7-12)31-11-30-16;3-2(4,5)1(6)7/h1-7,10,15H,8-9,11,21H2,(H,22,29)(H,23,24)(H,25,26)(H,27,28);(H,6,7). The lowest BCUT2D eigenvalue weighted by Gasteiger charge is -2.18. The number of nitrogens with zero attached hydrogens (tertiary/aromatic N) is 1. The van der Waals surface area contributed by atoms with Crippen LogP contribution < -0.4 is 31.4 Å². The molecular formula is C22H22F3N5O8. The largest absolute Gasteiger partial charge is 0.490 e. The third kappa shape index (κ3) is 9.30. The van der Waals surface area contributed by atoms with Crippen LogP contribution in [0.3, 0.4) is 0 Å². The van der Waals surface area contributed by atoms with Crippen LogP contribution in [-0.2, 0) is 14.4 Å². The zero-order valence-electron chi connectivity index (χ0n) is 19.3. The zero-order chi connectivity index (χ0) is 28.3. The average molecular weight is 541 g/mol. The van der Waals surface area contributed by atoms with Crippen molar-refractivity contribution in [2.24, 2.45) is 10.8 Å². The van der Waals surface area contributed by atoms with Crippen molar-refractivity contribution < 1.29 is 52.0 Å². The van der Waals surface area contributed by atoms with Crippen LogP contribution in [0.2, 0.25) is 0 Å². The van der Waals surface area contributed by atoms with Crippen LogP contribution in [-0.4, -0.2) is 59.8 Å². The molecule has 1 aliphatic heterocycles. The number of alkyl halides is 3. The van der Waals surface area contributed by atoms with Gasteiger partial charge in [0.15, 0.2) is 11.5 Å². The average Bonchev–Trinajstić information content (AvgIpc) is 3.33. The molecular weight excluding hydrogens is 519 g/mol. The lowest BCUT2D eigenvalue weighted by Crippen LogP contribution is -2.39. The highest BCUT2D eigenvalue weighted by Gasteiger charge is 2.38. The monoisotopic (exact) mass is 541 g/mol. The zero-order valence-corrected chi connectivity index (χ0v) is 19.3. The van der Waals surface area contributed by atoms with E-state index in [2.05, 4.69) is 21.1 Å².